The number of carbonyl (C=O) groups is 5. The number of benzene rings is 1. The number of nitrogens with two attached hydrogens (primary N) is 1. The van der Waals surface area contributed by atoms with Gasteiger partial charge in [-0.15, -0.1) is 0 Å². The van der Waals surface area contributed by atoms with E-state index in [2.05, 4.69) is 30.2 Å². The molecule has 12 atom stereocenters. The Bertz CT molecular complexity index is 3310. The highest BCUT2D eigenvalue weighted by molar-refractivity contribution is 8.54. The fourth-order valence-corrected chi connectivity index (χ4v) is 13.8. The van der Waals surface area contributed by atoms with E-state index in [0.29, 0.717) is 41.8 Å². The lowest BCUT2D eigenvalue weighted by Crippen LogP contribution is -2.44. The van der Waals surface area contributed by atoms with Crippen molar-refractivity contribution >= 4 is 83.3 Å². The molecule has 2 bridgehead atoms. The third-order valence-electron chi connectivity index (χ3n) is 13.8. The van der Waals surface area contributed by atoms with Crippen molar-refractivity contribution in [3.05, 3.63) is 88.9 Å². The number of anilines is 1. The fraction of sp³-hybridized carbons (Fsp3) is 0.500. The van der Waals surface area contributed by atoms with E-state index in [1.807, 2.05) is 13.8 Å². The first-order valence-corrected chi connectivity index (χ1v) is 29.7. The van der Waals surface area contributed by atoms with E-state index in [4.69, 9.17) is 33.3 Å². The number of ketones is 2. The van der Waals surface area contributed by atoms with Crippen molar-refractivity contribution in [2.45, 2.75) is 120 Å². The molecule has 3 amide bonds. The number of imide groups is 1. The Morgan fingerprint density at radius 3 is 2.34 bits per heavy atom. The predicted octanol–water partition coefficient (Wildman–Crippen LogP) is 4.07. The minimum atomic E-state index is -5.31. The molecule has 6 N–H and O–H groups in total. The third-order valence-corrected chi connectivity index (χ3v) is 18.5. The van der Waals surface area contributed by atoms with Gasteiger partial charge in [0.05, 0.1) is 31.9 Å². The third kappa shape index (κ3) is 12.8. The summed E-state index contributed by atoms with van der Waals surface area (Å²) in [6.07, 6.45) is -6.07. The van der Waals surface area contributed by atoms with Gasteiger partial charge >= 0.3 is 14.6 Å². The van der Waals surface area contributed by atoms with Crippen molar-refractivity contribution in [1.29, 1.82) is 0 Å². The maximum atomic E-state index is 17.0. The van der Waals surface area contributed by atoms with Gasteiger partial charge in [-0.1, -0.05) is 44.5 Å². The number of Topliss-reactive ketones (excluding diaryl/α,β-unsaturated/α-hetero) is 2. The molecule has 4 aliphatic rings. The zero-order chi connectivity index (χ0) is 56.5. The molecule has 3 fully saturated rings. The number of nitrogens with zero attached hydrogens (tertiary/aromatic N) is 7. The number of nitrogens with one attached hydrogen (secondary N) is 2. The van der Waals surface area contributed by atoms with Crippen LogP contribution in [0.2, 0.25) is 0 Å². The lowest BCUT2D eigenvalue weighted by Gasteiger charge is -2.27. The van der Waals surface area contributed by atoms with Crippen LogP contribution in [0.1, 0.15) is 76.5 Å². The average Bonchev–Trinajstić information content (AvgIpc) is 4.41. The second kappa shape index (κ2) is 24.0. The largest absolute Gasteiger partial charge is 0.472 e. The first-order valence-electron chi connectivity index (χ1n) is 25.1. The van der Waals surface area contributed by atoms with Gasteiger partial charge in [0, 0.05) is 55.8 Å². The molecule has 8 heterocycles. The molecule has 0 aliphatic carbocycles. The van der Waals surface area contributed by atoms with E-state index in [1.165, 1.54) is 23.0 Å². The van der Waals surface area contributed by atoms with Gasteiger partial charge in [-0.2, -0.15) is 0 Å². The van der Waals surface area contributed by atoms with Gasteiger partial charge in [0.1, 0.15) is 53.5 Å². The topological polar surface area (TPSA) is 351 Å². The Morgan fingerprint density at radius 1 is 0.899 bits per heavy atom. The zero-order valence-corrected chi connectivity index (χ0v) is 45.2. The molecule has 26 nitrogen and oxygen atoms in total. The molecule has 9 rings (SSSR count). The van der Waals surface area contributed by atoms with E-state index < -0.39 is 112 Å². The molecule has 3 saturated heterocycles. The second-order valence-corrected chi connectivity index (χ2v) is 25.1. The summed E-state index contributed by atoms with van der Waals surface area (Å²) < 4.78 is 98.0. The molecule has 0 spiro atoms. The molecule has 0 saturated carbocycles. The number of unbranched alkanes of at least 4 members (excludes halogenated alkanes) is 2. The van der Waals surface area contributed by atoms with E-state index in [0.717, 1.165) is 28.3 Å². The number of phosphoric acid groups is 1. The Labute approximate surface area is 452 Å². The highest BCUT2D eigenvalue weighted by Crippen LogP contribution is 2.65. The van der Waals surface area contributed by atoms with E-state index in [1.54, 1.807) is 31.2 Å². The van der Waals surface area contributed by atoms with E-state index in [9.17, 15) is 43.3 Å². The van der Waals surface area contributed by atoms with E-state index >= 15 is 13.3 Å². The minimum absolute atomic E-state index is 0.0254. The summed E-state index contributed by atoms with van der Waals surface area (Å²) in [7, 11) is -5.31. The lowest BCUT2D eigenvalue weighted by molar-refractivity contribution is -0.137. The van der Waals surface area contributed by atoms with Crippen LogP contribution in [0.25, 0.3) is 22.2 Å². The van der Waals surface area contributed by atoms with Gasteiger partial charge in [0.15, 0.2) is 47.3 Å². The molecule has 0 radical (unpaired) electrons. The second-order valence-electron chi connectivity index (χ2n) is 19.6. The first kappa shape index (κ1) is 57.7. The summed E-state index contributed by atoms with van der Waals surface area (Å²) in [5.74, 6) is -3.75. The molecule has 5 aromatic rings. The number of hydrogen-bond acceptors (Lipinski definition) is 21. The predicted molar refractivity (Wildman–Crippen MR) is 274 cm³/mol. The van der Waals surface area contributed by atoms with Crippen molar-refractivity contribution in [3.8, 4) is 0 Å². The van der Waals surface area contributed by atoms with Crippen LogP contribution in [0, 0.1) is 17.7 Å². The van der Waals surface area contributed by atoms with Crippen molar-refractivity contribution in [3.63, 3.8) is 0 Å². The molecule has 79 heavy (non-hydrogen) atoms. The number of alkyl halides is 1. The Morgan fingerprint density at radius 2 is 1.61 bits per heavy atom. The standard InChI is InChI=1S/C48H56F2N10O16P2S/c1-24(2)29(16-28(61)7-5-4-6-14-58-34(63)12-13-35(58)64)45(66)57-25(3)31(62)15-26-8-10-27(11-9-26)20-79-78(70)72-18-32-39(65)41(48(73-32)59-17-30(49)36-43(59)53-22-55-46(36)67)75-77(68,69)71-19-33-40(76-78)37(50)47(74-33)60-23-56-38-42(51)52-21-54-44(38)60/h8-13,17,21-25,29,32-33,37,39-41,47-48,65H,4-7,14-16,18-20H2,1-3H3,(H,57,66)(H,68,69)(H2,51,52,54)(H,53,55,67)/t25-,29-,32+,33+,37+,39+,40+,41+,47+,48+,78?/m0/s1. The number of ether oxygens (including phenoxy) is 2. The number of nitrogen functional groups attached to an aromatic ring is 1. The van der Waals surface area contributed by atoms with Crippen molar-refractivity contribution in [1.82, 2.24) is 44.3 Å². The molecule has 1 aromatic carbocycles. The van der Waals surface area contributed by atoms with Crippen LogP contribution in [0.3, 0.4) is 0 Å². The fourth-order valence-electron chi connectivity index (χ4n) is 9.50. The minimum Gasteiger partial charge on any atom is -0.387 e. The molecule has 424 valence electrons. The van der Waals surface area contributed by atoms with Crippen molar-refractivity contribution < 1.29 is 79.5 Å². The van der Waals surface area contributed by atoms with Crippen LogP contribution >= 0.6 is 26.0 Å². The number of aliphatic hydroxyl groups is 1. The maximum absolute atomic E-state index is 17.0. The number of aliphatic hydroxyl groups excluding tert-OH is 1. The molecule has 2 unspecified atom stereocenters. The zero-order valence-electron chi connectivity index (χ0n) is 42.6. The number of fused-ring (bicyclic) bond motifs is 5. The highest BCUT2D eigenvalue weighted by atomic mass is 32.7. The van der Waals surface area contributed by atoms with Gasteiger partial charge in [0.2, 0.25) is 5.91 Å². The van der Waals surface area contributed by atoms with Gasteiger partial charge in [-0.05, 0) is 48.2 Å². The summed E-state index contributed by atoms with van der Waals surface area (Å²) in [6, 6.07) is 5.61. The monoisotopic (exact) mass is 1160 g/mol. The van der Waals surface area contributed by atoms with Crippen LogP contribution in [-0.2, 0) is 72.8 Å². The number of carbonyl (C=O) groups excluding carboxylic acids is 5. The van der Waals surface area contributed by atoms with Gasteiger partial charge in [0.25, 0.3) is 17.4 Å². The maximum Gasteiger partial charge on any atom is 0.472 e. The summed E-state index contributed by atoms with van der Waals surface area (Å²) in [5, 5.41) is 13.8. The van der Waals surface area contributed by atoms with Crippen LogP contribution in [0.15, 0.2) is 66.4 Å². The summed E-state index contributed by atoms with van der Waals surface area (Å²) in [5.41, 5.74) is 6.02. The molecule has 31 heteroatoms. The summed E-state index contributed by atoms with van der Waals surface area (Å²) in [6.45, 7) is -1.02. The highest BCUT2D eigenvalue weighted by Gasteiger charge is 2.55. The SMILES string of the molecule is CC(C)[C@H](CC(=O)CCCCCN1C(=O)C=CC1=O)C(=O)N[C@@H](C)C(=O)Cc1ccc(CSP2(=O)OC[C@H]3O[C@@H](n4cc(F)c5c(=O)[nH]cnc54)[C@H](OP(=O)(O)OC[C@H]4O[C@@H](n5cnc6c(N)ncnc65)[C@H](F)[C@@H]4O2)[C@@H]3O)cc1. The molecular formula is C48H56F2N10O16P2S. The smallest absolute Gasteiger partial charge is 0.387 e. The van der Waals surface area contributed by atoms with E-state index in [-0.39, 0.29) is 83.5 Å². The number of halogens is 2. The number of H-pyrrole nitrogens is 1. The lowest BCUT2D eigenvalue weighted by atomic mass is 9.88. The molecule has 4 aliphatic heterocycles. The number of aromatic amines is 1. The molecule has 4 aromatic heterocycles. The van der Waals surface area contributed by atoms with Crippen LogP contribution in [0.5, 0.6) is 0 Å². The molecular weight excluding hydrogens is 1100 g/mol. The quantitative estimate of drug-likeness (QED) is 0.0442. The Balaban J connectivity index is 0.871. The number of aromatic nitrogens is 7. The van der Waals surface area contributed by atoms with Crippen molar-refractivity contribution in [2.75, 3.05) is 25.5 Å². The number of hydrogen-bond donors (Lipinski definition) is 5. The van der Waals surface area contributed by atoms with Crippen LogP contribution < -0.4 is 16.6 Å². The normalized spacial score (nSPS) is 28.2. The number of phosphoric ester groups is 1. The Kier molecular flexibility index (Phi) is 17.5. The van der Waals surface area contributed by atoms with Crippen molar-refractivity contribution in [2.24, 2.45) is 11.8 Å². The van der Waals surface area contributed by atoms with Gasteiger partial charge in [-0.25, -0.2) is 37.8 Å². The Hall–Kier alpha value is -5.97. The summed E-state index contributed by atoms with van der Waals surface area (Å²) in [4.78, 5) is 107. The summed E-state index contributed by atoms with van der Waals surface area (Å²) >= 11 is 0.597. The average molecular weight is 1160 g/mol. The van der Waals surface area contributed by atoms with Crippen LogP contribution in [0.4, 0.5) is 14.6 Å². The number of rotatable bonds is 19. The number of amides is 3. The van der Waals surface area contributed by atoms with Crippen LogP contribution in [-0.4, -0.2) is 141 Å². The first-order chi connectivity index (χ1) is 37.6. The number of imidazole rings is 1. The van der Waals surface area contributed by atoms with Gasteiger partial charge in [-0.3, -0.25) is 56.3 Å². The van der Waals surface area contributed by atoms with Gasteiger partial charge < -0.3 is 40.1 Å².